The number of carbonyl (C=O) groups is 2. The predicted molar refractivity (Wildman–Crippen MR) is 226 cm³/mol. The van der Waals surface area contributed by atoms with Crippen molar-refractivity contribution in [2.75, 3.05) is 46.4 Å². The molecular formula is C46H74F3N5O4. The lowest BCUT2D eigenvalue weighted by Gasteiger charge is -2.52. The average molecular weight is 818 g/mol. The number of carboxylic acid groups (broad SMARTS) is 1. The number of likely N-dealkylation sites (tertiary alicyclic amines) is 1. The fourth-order valence-electron chi connectivity index (χ4n) is 8.58. The molecule has 0 radical (unpaired) electrons. The maximum absolute atomic E-state index is 13.2. The number of carboxylic acids is 1. The van der Waals surface area contributed by atoms with Crippen LogP contribution in [0.3, 0.4) is 0 Å². The predicted octanol–water partition coefficient (Wildman–Crippen LogP) is 10.8. The number of aliphatic carboxylic acids is 1. The fourth-order valence-corrected chi connectivity index (χ4v) is 8.58. The average Bonchev–Trinajstić information content (AvgIpc) is 3.18. The van der Waals surface area contributed by atoms with E-state index in [0.717, 1.165) is 63.0 Å². The standard InChI is InChI=1S/C28H38F3N5O2.C18H36O2/c1-19-16-35(14-15-36(19)24(17-38-5)22-6-8-23(9-7-22)28(29,30)31)27(4)10-12-34(13-11-27)26(37)25-20(2)32-18-33-21(25)3;1-2-3-4-5-6-7-8-9-10-11-12-13-14-15-16-17-18(19)20/h6-9,18-19,24H,10-17H2,1-5H3;2-17H2,1H3,(H,19,20)/t19-,24-;/m0./s1. The second kappa shape index (κ2) is 25.5. The van der Waals surface area contributed by atoms with E-state index >= 15 is 0 Å². The van der Waals surface area contributed by atoms with Crippen molar-refractivity contribution in [1.82, 2.24) is 24.7 Å². The number of carbonyl (C=O) groups excluding carboxylic acids is 1. The summed E-state index contributed by atoms with van der Waals surface area (Å²) < 4.78 is 44.7. The molecule has 0 spiro atoms. The van der Waals surface area contributed by atoms with Gasteiger partial charge < -0.3 is 14.7 Å². The Morgan fingerprint density at radius 2 is 1.33 bits per heavy atom. The Labute approximate surface area is 347 Å². The van der Waals surface area contributed by atoms with Gasteiger partial charge in [0.15, 0.2) is 0 Å². The van der Waals surface area contributed by atoms with Gasteiger partial charge in [-0.3, -0.25) is 19.4 Å². The number of aromatic nitrogens is 2. The molecule has 0 bridgehead atoms. The Hall–Kier alpha value is -3.09. The number of rotatable bonds is 22. The van der Waals surface area contributed by atoms with Crippen LogP contribution in [0.25, 0.3) is 0 Å². The molecule has 1 aromatic heterocycles. The van der Waals surface area contributed by atoms with Gasteiger partial charge >= 0.3 is 12.1 Å². The molecule has 1 N–H and O–H groups in total. The van der Waals surface area contributed by atoms with Gasteiger partial charge in [0.1, 0.15) is 6.33 Å². The third-order valence-electron chi connectivity index (χ3n) is 12.4. The molecule has 2 fully saturated rings. The summed E-state index contributed by atoms with van der Waals surface area (Å²) in [5.41, 5.74) is 2.18. The molecule has 3 heterocycles. The van der Waals surface area contributed by atoms with Crippen molar-refractivity contribution in [3.63, 3.8) is 0 Å². The Kier molecular flexibility index (Phi) is 21.7. The summed E-state index contributed by atoms with van der Waals surface area (Å²) in [6.07, 6.45) is 19.1. The van der Waals surface area contributed by atoms with E-state index < -0.39 is 17.7 Å². The first kappa shape index (κ1) is 49.3. The van der Waals surface area contributed by atoms with Gasteiger partial charge in [-0.25, -0.2) is 9.97 Å². The molecule has 1 amide bonds. The van der Waals surface area contributed by atoms with E-state index in [0.29, 0.717) is 43.1 Å². The van der Waals surface area contributed by atoms with Crippen LogP contribution in [-0.2, 0) is 15.7 Å². The lowest BCUT2D eigenvalue weighted by Crippen LogP contribution is -2.62. The molecular weight excluding hydrogens is 744 g/mol. The molecule has 2 aromatic rings. The summed E-state index contributed by atoms with van der Waals surface area (Å²) in [5.74, 6) is -0.653. The van der Waals surface area contributed by atoms with Crippen molar-refractivity contribution in [2.45, 2.75) is 174 Å². The van der Waals surface area contributed by atoms with E-state index in [1.54, 1.807) is 19.2 Å². The molecule has 4 rings (SSSR count). The van der Waals surface area contributed by atoms with E-state index in [1.807, 2.05) is 18.7 Å². The molecule has 328 valence electrons. The second-order valence-corrected chi connectivity index (χ2v) is 16.9. The summed E-state index contributed by atoms with van der Waals surface area (Å²) in [6, 6.07) is 5.52. The largest absolute Gasteiger partial charge is 0.481 e. The van der Waals surface area contributed by atoms with Gasteiger partial charge in [-0.05, 0) is 64.7 Å². The molecule has 58 heavy (non-hydrogen) atoms. The van der Waals surface area contributed by atoms with Crippen molar-refractivity contribution in [2.24, 2.45) is 0 Å². The van der Waals surface area contributed by atoms with Gasteiger partial charge in [-0.15, -0.1) is 0 Å². The number of amides is 1. The number of halogens is 3. The van der Waals surface area contributed by atoms with E-state index in [4.69, 9.17) is 9.84 Å². The number of unbranched alkanes of at least 4 members (excludes halogenated alkanes) is 14. The zero-order valence-electron chi connectivity index (χ0n) is 36.6. The summed E-state index contributed by atoms with van der Waals surface area (Å²) in [7, 11) is 1.62. The van der Waals surface area contributed by atoms with E-state index in [-0.39, 0.29) is 23.5 Å². The van der Waals surface area contributed by atoms with E-state index in [9.17, 15) is 22.8 Å². The van der Waals surface area contributed by atoms with Gasteiger partial charge in [0, 0.05) is 57.8 Å². The smallest absolute Gasteiger partial charge is 0.416 e. The molecule has 2 atom stereocenters. The number of hydrogen-bond acceptors (Lipinski definition) is 7. The van der Waals surface area contributed by atoms with Crippen LogP contribution in [0.1, 0.15) is 175 Å². The minimum Gasteiger partial charge on any atom is -0.481 e. The number of hydrogen-bond donors (Lipinski definition) is 1. The van der Waals surface area contributed by atoms with Crippen molar-refractivity contribution < 1.29 is 32.6 Å². The lowest BCUT2D eigenvalue weighted by molar-refractivity contribution is -0.138. The van der Waals surface area contributed by atoms with E-state index in [1.165, 1.54) is 89.8 Å². The van der Waals surface area contributed by atoms with Gasteiger partial charge in [0.25, 0.3) is 5.91 Å². The van der Waals surface area contributed by atoms with Crippen LogP contribution in [0.15, 0.2) is 30.6 Å². The number of alkyl halides is 3. The minimum absolute atomic E-state index is 0.000198. The van der Waals surface area contributed by atoms with Crippen molar-refractivity contribution in [1.29, 1.82) is 0 Å². The first-order valence-electron chi connectivity index (χ1n) is 22.2. The second-order valence-electron chi connectivity index (χ2n) is 16.9. The summed E-state index contributed by atoms with van der Waals surface area (Å²) in [6.45, 7) is 14.6. The van der Waals surface area contributed by atoms with Crippen LogP contribution in [0.2, 0.25) is 0 Å². The van der Waals surface area contributed by atoms with Crippen LogP contribution < -0.4 is 0 Å². The van der Waals surface area contributed by atoms with Crippen LogP contribution in [0.4, 0.5) is 13.2 Å². The maximum Gasteiger partial charge on any atom is 0.416 e. The highest BCUT2D eigenvalue weighted by Gasteiger charge is 2.41. The highest BCUT2D eigenvalue weighted by Crippen LogP contribution is 2.35. The Morgan fingerprint density at radius 1 is 0.828 bits per heavy atom. The lowest BCUT2D eigenvalue weighted by atomic mass is 9.86. The quantitative estimate of drug-likeness (QED) is 0.117. The minimum atomic E-state index is -4.35. The van der Waals surface area contributed by atoms with Crippen LogP contribution in [0, 0.1) is 13.8 Å². The van der Waals surface area contributed by atoms with Crippen LogP contribution in [-0.4, -0.2) is 99.7 Å². The molecule has 0 unspecified atom stereocenters. The Morgan fingerprint density at radius 3 is 1.78 bits per heavy atom. The van der Waals surface area contributed by atoms with Gasteiger partial charge in [-0.2, -0.15) is 13.2 Å². The maximum atomic E-state index is 13.2. The number of benzene rings is 1. The summed E-state index contributed by atoms with van der Waals surface area (Å²) in [5, 5.41) is 8.52. The van der Waals surface area contributed by atoms with E-state index in [2.05, 4.69) is 40.5 Å². The number of aryl methyl sites for hydroxylation is 2. The molecule has 9 nitrogen and oxygen atoms in total. The number of piperazine rings is 1. The third-order valence-corrected chi connectivity index (χ3v) is 12.4. The van der Waals surface area contributed by atoms with Crippen molar-refractivity contribution in [3.05, 3.63) is 58.7 Å². The van der Waals surface area contributed by atoms with Gasteiger partial charge in [0.2, 0.25) is 0 Å². The van der Waals surface area contributed by atoms with Crippen LogP contribution >= 0.6 is 0 Å². The first-order valence-corrected chi connectivity index (χ1v) is 22.2. The summed E-state index contributed by atoms with van der Waals surface area (Å²) in [4.78, 5) is 38.7. The first-order chi connectivity index (χ1) is 27.7. The normalized spacial score (nSPS) is 18.1. The summed E-state index contributed by atoms with van der Waals surface area (Å²) >= 11 is 0. The molecule has 2 aliphatic rings. The molecule has 2 aliphatic heterocycles. The molecule has 0 saturated carbocycles. The monoisotopic (exact) mass is 818 g/mol. The number of ether oxygens (including phenoxy) is 1. The van der Waals surface area contributed by atoms with Crippen LogP contribution in [0.5, 0.6) is 0 Å². The SMILES string of the molecule is CCCCCCCCCCCCCCCCCC(=O)O.COC[C@@H](c1ccc(C(F)(F)F)cc1)N1CCN(C2(C)CCN(C(=O)c3c(C)ncnc3C)CC2)C[C@@H]1C. The molecule has 2 saturated heterocycles. The van der Waals surface area contributed by atoms with Crippen molar-refractivity contribution >= 4 is 11.9 Å². The van der Waals surface area contributed by atoms with Crippen molar-refractivity contribution in [3.8, 4) is 0 Å². The number of piperidine rings is 1. The number of nitrogens with zero attached hydrogens (tertiary/aromatic N) is 5. The highest BCUT2D eigenvalue weighted by molar-refractivity contribution is 5.96. The topological polar surface area (TPSA) is 99.1 Å². The Balaban J connectivity index is 0.000000382. The molecule has 1 aromatic carbocycles. The number of methoxy groups -OCH3 is 1. The fraction of sp³-hybridized carbons (Fsp3) is 0.739. The molecule has 0 aliphatic carbocycles. The Bertz CT molecular complexity index is 1460. The zero-order valence-corrected chi connectivity index (χ0v) is 36.6. The third kappa shape index (κ3) is 16.2. The molecule has 12 heteroatoms. The highest BCUT2D eigenvalue weighted by atomic mass is 19.4. The van der Waals surface area contributed by atoms with Gasteiger partial charge in [0.05, 0.1) is 35.2 Å². The zero-order chi connectivity index (χ0) is 42.6. The van der Waals surface area contributed by atoms with Gasteiger partial charge in [-0.1, -0.05) is 109 Å².